The highest BCUT2D eigenvalue weighted by Crippen LogP contribution is 2.30. The molecule has 0 bridgehead atoms. The standard InChI is InChI=1S/C16H17N3O/c1-2-14(13-6-7-20-16(13)3-1)17-9-11-4-5-12-10-18-19-15(12)8-11/h4-8,10,14,17H,1-3,9H2,(H,18,19)/t14-/m0/s1. The smallest absolute Gasteiger partial charge is 0.108 e. The minimum absolute atomic E-state index is 0.412. The molecule has 1 aliphatic rings. The zero-order valence-electron chi connectivity index (χ0n) is 11.2. The Bertz CT molecular complexity index is 728. The van der Waals surface area contributed by atoms with Gasteiger partial charge in [-0.05, 0) is 30.5 Å². The molecule has 0 amide bonds. The zero-order valence-corrected chi connectivity index (χ0v) is 11.2. The van der Waals surface area contributed by atoms with Crippen molar-refractivity contribution in [2.45, 2.75) is 31.8 Å². The Morgan fingerprint density at radius 1 is 1.35 bits per heavy atom. The molecule has 0 radical (unpaired) electrons. The molecular weight excluding hydrogens is 250 g/mol. The van der Waals surface area contributed by atoms with Crippen molar-refractivity contribution in [3.8, 4) is 0 Å². The summed E-state index contributed by atoms with van der Waals surface area (Å²) in [5.74, 6) is 1.15. The zero-order chi connectivity index (χ0) is 13.4. The second-order valence-corrected chi connectivity index (χ2v) is 5.42. The van der Waals surface area contributed by atoms with Crippen LogP contribution in [0.5, 0.6) is 0 Å². The lowest BCUT2D eigenvalue weighted by atomic mass is 9.93. The SMILES string of the molecule is c1cc2c(o1)CCC[C@@H]2NCc1ccc2cn[nH]c2c1. The molecule has 3 aromatic rings. The number of nitrogens with one attached hydrogen (secondary N) is 2. The van der Waals surface area contributed by atoms with E-state index in [2.05, 4.69) is 39.8 Å². The fourth-order valence-electron chi connectivity index (χ4n) is 3.03. The van der Waals surface area contributed by atoms with Crippen molar-refractivity contribution >= 4 is 10.9 Å². The Labute approximate surface area is 117 Å². The number of aromatic nitrogens is 2. The quantitative estimate of drug-likeness (QED) is 0.765. The molecule has 1 aliphatic carbocycles. The fourth-order valence-corrected chi connectivity index (χ4v) is 3.03. The normalized spacial score (nSPS) is 18.3. The molecule has 2 N–H and O–H groups in total. The van der Waals surface area contributed by atoms with Crippen molar-refractivity contribution in [2.24, 2.45) is 0 Å². The first-order valence-corrected chi connectivity index (χ1v) is 7.12. The van der Waals surface area contributed by atoms with Crippen LogP contribution in [0.1, 0.15) is 35.8 Å². The average Bonchev–Trinajstić information content (AvgIpc) is 3.13. The van der Waals surface area contributed by atoms with E-state index in [0.29, 0.717) is 6.04 Å². The molecule has 4 rings (SSSR count). The summed E-state index contributed by atoms with van der Waals surface area (Å²) in [5, 5.41) is 11.9. The topological polar surface area (TPSA) is 53.9 Å². The van der Waals surface area contributed by atoms with Gasteiger partial charge < -0.3 is 9.73 Å². The molecule has 0 fully saturated rings. The number of rotatable bonds is 3. The van der Waals surface area contributed by atoms with Gasteiger partial charge in [-0.2, -0.15) is 5.10 Å². The molecule has 1 atom stereocenters. The highest BCUT2D eigenvalue weighted by Gasteiger charge is 2.21. The highest BCUT2D eigenvalue weighted by molar-refractivity contribution is 5.78. The Balaban J connectivity index is 1.51. The Kier molecular flexibility index (Phi) is 2.81. The Morgan fingerprint density at radius 3 is 3.35 bits per heavy atom. The van der Waals surface area contributed by atoms with Crippen molar-refractivity contribution in [3.05, 3.63) is 53.6 Å². The molecule has 4 nitrogen and oxygen atoms in total. The number of aromatic amines is 1. The van der Waals surface area contributed by atoms with Gasteiger partial charge in [-0.15, -0.1) is 0 Å². The molecular formula is C16H17N3O. The van der Waals surface area contributed by atoms with E-state index in [0.717, 1.165) is 29.6 Å². The fraction of sp³-hybridized carbons (Fsp3) is 0.312. The van der Waals surface area contributed by atoms with Crippen molar-refractivity contribution < 1.29 is 4.42 Å². The third-order valence-corrected chi connectivity index (χ3v) is 4.11. The Morgan fingerprint density at radius 2 is 2.35 bits per heavy atom. The van der Waals surface area contributed by atoms with E-state index >= 15 is 0 Å². The monoisotopic (exact) mass is 267 g/mol. The van der Waals surface area contributed by atoms with E-state index in [-0.39, 0.29) is 0 Å². The maximum Gasteiger partial charge on any atom is 0.108 e. The van der Waals surface area contributed by atoms with Gasteiger partial charge in [-0.25, -0.2) is 0 Å². The van der Waals surface area contributed by atoms with Crippen molar-refractivity contribution in [1.29, 1.82) is 0 Å². The molecule has 0 saturated heterocycles. The van der Waals surface area contributed by atoms with E-state index in [1.165, 1.54) is 24.0 Å². The van der Waals surface area contributed by atoms with Crippen LogP contribution in [-0.2, 0) is 13.0 Å². The van der Waals surface area contributed by atoms with Crippen LogP contribution in [0.4, 0.5) is 0 Å². The average molecular weight is 267 g/mol. The third kappa shape index (κ3) is 2.02. The number of aryl methyl sites for hydroxylation is 1. The van der Waals surface area contributed by atoms with Crippen LogP contribution >= 0.6 is 0 Å². The number of nitrogens with zero attached hydrogens (tertiary/aromatic N) is 1. The molecule has 1 aromatic carbocycles. The summed E-state index contributed by atoms with van der Waals surface area (Å²) in [6, 6.07) is 8.94. The molecule has 20 heavy (non-hydrogen) atoms. The summed E-state index contributed by atoms with van der Waals surface area (Å²) < 4.78 is 5.53. The molecule has 0 saturated carbocycles. The van der Waals surface area contributed by atoms with Crippen LogP contribution in [0.25, 0.3) is 10.9 Å². The van der Waals surface area contributed by atoms with Crippen molar-refractivity contribution in [2.75, 3.05) is 0 Å². The number of H-pyrrole nitrogens is 1. The maximum absolute atomic E-state index is 5.53. The first kappa shape index (κ1) is 11.7. The highest BCUT2D eigenvalue weighted by atomic mass is 16.3. The molecule has 0 spiro atoms. The summed E-state index contributed by atoms with van der Waals surface area (Å²) in [5.41, 5.74) is 3.70. The first-order chi connectivity index (χ1) is 9.90. The maximum atomic E-state index is 5.53. The molecule has 2 heterocycles. The second-order valence-electron chi connectivity index (χ2n) is 5.42. The van der Waals surface area contributed by atoms with Crippen LogP contribution in [0.3, 0.4) is 0 Å². The van der Waals surface area contributed by atoms with Crippen LogP contribution in [0, 0.1) is 0 Å². The molecule has 2 aromatic heterocycles. The lowest BCUT2D eigenvalue weighted by Crippen LogP contribution is -2.23. The summed E-state index contributed by atoms with van der Waals surface area (Å²) in [6.07, 6.45) is 7.10. The first-order valence-electron chi connectivity index (χ1n) is 7.12. The number of furan rings is 1. The van der Waals surface area contributed by atoms with Crippen LogP contribution < -0.4 is 5.32 Å². The minimum Gasteiger partial charge on any atom is -0.469 e. The van der Waals surface area contributed by atoms with Gasteiger partial charge in [0, 0.05) is 30.0 Å². The van der Waals surface area contributed by atoms with Gasteiger partial charge in [-0.1, -0.05) is 12.1 Å². The summed E-state index contributed by atoms with van der Waals surface area (Å²) in [6.45, 7) is 0.865. The van der Waals surface area contributed by atoms with Crippen molar-refractivity contribution in [3.63, 3.8) is 0 Å². The van der Waals surface area contributed by atoms with Crippen LogP contribution in [0.2, 0.25) is 0 Å². The van der Waals surface area contributed by atoms with E-state index in [9.17, 15) is 0 Å². The number of benzene rings is 1. The summed E-state index contributed by atoms with van der Waals surface area (Å²) >= 11 is 0. The van der Waals surface area contributed by atoms with Gasteiger partial charge in [-0.3, -0.25) is 5.10 Å². The Hall–Kier alpha value is -2.07. The van der Waals surface area contributed by atoms with Gasteiger partial charge >= 0.3 is 0 Å². The largest absolute Gasteiger partial charge is 0.469 e. The lowest BCUT2D eigenvalue weighted by Gasteiger charge is -2.22. The summed E-state index contributed by atoms with van der Waals surface area (Å²) in [7, 11) is 0. The minimum atomic E-state index is 0.412. The predicted molar refractivity (Wildman–Crippen MR) is 77.3 cm³/mol. The molecule has 0 aliphatic heterocycles. The number of hydrogen-bond acceptors (Lipinski definition) is 3. The van der Waals surface area contributed by atoms with E-state index in [1.54, 1.807) is 6.26 Å². The van der Waals surface area contributed by atoms with Gasteiger partial charge in [0.15, 0.2) is 0 Å². The third-order valence-electron chi connectivity index (χ3n) is 4.11. The van der Waals surface area contributed by atoms with Crippen LogP contribution in [-0.4, -0.2) is 10.2 Å². The van der Waals surface area contributed by atoms with E-state index < -0.39 is 0 Å². The molecule has 0 unspecified atom stereocenters. The van der Waals surface area contributed by atoms with Gasteiger partial charge in [0.2, 0.25) is 0 Å². The second kappa shape index (κ2) is 4.80. The van der Waals surface area contributed by atoms with E-state index in [4.69, 9.17) is 4.42 Å². The summed E-state index contributed by atoms with van der Waals surface area (Å²) in [4.78, 5) is 0. The predicted octanol–water partition coefficient (Wildman–Crippen LogP) is 3.32. The van der Waals surface area contributed by atoms with Gasteiger partial charge in [0.25, 0.3) is 0 Å². The van der Waals surface area contributed by atoms with Gasteiger partial charge in [0.05, 0.1) is 18.0 Å². The number of hydrogen-bond donors (Lipinski definition) is 2. The van der Waals surface area contributed by atoms with Crippen molar-refractivity contribution in [1.82, 2.24) is 15.5 Å². The van der Waals surface area contributed by atoms with E-state index in [1.807, 2.05) is 6.20 Å². The lowest BCUT2D eigenvalue weighted by molar-refractivity contribution is 0.411. The number of fused-ring (bicyclic) bond motifs is 2. The molecule has 4 heteroatoms. The van der Waals surface area contributed by atoms with Crippen LogP contribution in [0.15, 0.2) is 41.1 Å². The molecule has 102 valence electrons. The van der Waals surface area contributed by atoms with Gasteiger partial charge in [0.1, 0.15) is 5.76 Å².